The highest BCUT2D eigenvalue weighted by molar-refractivity contribution is 7.91. The van der Waals surface area contributed by atoms with Crippen molar-refractivity contribution in [1.82, 2.24) is 9.80 Å². The van der Waals surface area contributed by atoms with Crippen LogP contribution in [0.5, 0.6) is 0 Å². The van der Waals surface area contributed by atoms with E-state index in [1.807, 2.05) is 19.0 Å². The molecule has 0 radical (unpaired) electrons. The van der Waals surface area contributed by atoms with E-state index in [1.165, 1.54) is 4.90 Å². The van der Waals surface area contributed by atoms with Gasteiger partial charge in [0.25, 0.3) is 0 Å². The summed E-state index contributed by atoms with van der Waals surface area (Å²) >= 11 is 0. The fourth-order valence-corrected chi connectivity index (χ4v) is 2.71. The van der Waals surface area contributed by atoms with Gasteiger partial charge in [-0.3, -0.25) is 4.79 Å². The van der Waals surface area contributed by atoms with Crippen LogP contribution in [0.25, 0.3) is 0 Å². The van der Waals surface area contributed by atoms with E-state index in [4.69, 9.17) is 0 Å². The fourth-order valence-electron chi connectivity index (χ4n) is 2.10. The molecule has 1 heterocycles. The minimum Gasteiger partial charge on any atom is -0.391 e. The van der Waals surface area contributed by atoms with Gasteiger partial charge in [-0.25, -0.2) is 8.42 Å². The number of hydrogen-bond donors (Lipinski definition) is 1. The van der Waals surface area contributed by atoms with Gasteiger partial charge < -0.3 is 14.9 Å². The van der Waals surface area contributed by atoms with Crippen LogP contribution in [0.2, 0.25) is 0 Å². The van der Waals surface area contributed by atoms with Crippen LogP contribution in [0, 0.1) is 0 Å². The number of nitrogens with zero attached hydrogens (tertiary/aromatic N) is 2. The zero-order valence-electron chi connectivity index (χ0n) is 10.5. The van der Waals surface area contributed by atoms with Crippen molar-refractivity contribution >= 4 is 15.7 Å². The van der Waals surface area contributed by atoms with Crippen molar-refractivity contribution in [2.24, 2.45) is 0 Å². The molecule has 6 nitrogen and oxygen atoms in total. The fraction of sp³-hybridized carbons (Fsp3) is 0.900. The summed E-state index contributed by atoms with van der Waals surface area (Å²) in [5.74, 6) is -0.903. The summed E-state index contributed by atoms with van der Waals surface area (Å²) in [6, 6.07) is -0.103. The molecule has 1 saturated heterocycles. The second-order valence-corrected chi connectivity index (χ2v) is 7.06. The van der Waals surface area contributed by atoms with Crippen LogP contribution < -0.4 is 0 Å². The van der Waals surface area contributed by atoms with E-state index in [0.717, 1.165) is 6.26 Å². The maximum atomic E-state index is 11.8. The summed E-state index contributed by atoms with van der Waals surface area (Å²) < 4.78 is 22.2. The van der Waals surface area contributed by atoms with Crippen LogP contribution in [0.1, 0.15) is 6.42 Å². The molecule has 0 aromatic rings. The molecule has 1 aliphatic heterocycles. The SMILES string of the molecule is CN(C)CC1CC(O)CN1C(=O)CS(C)(=O)=O. The average molecular weight is 264 g/mol. The molecule has 0 spiro atoms. The van der Waals surface area contributed by atoms with Gasteiger partial charge in [0.2, 0.25) is 5.91 Å². The molecule has 0 aromatic carbocycles. The molecule has 100 valence electrons. The van der Waals surface area contributed by atoms with Crippen LogP contribution in [0.15, 0.2) is 0 Å². The lowest BCUT2D eigenvalue weighted by Gasteiger charge is -2.26. The number of β-amino-alcohol motifs (C(OH)–C–C–N with tert-alkyl or cyclic N) is 1. The molecule has 1 fully saturated rings. The van der Waals surface area contributed by atoms with Crippen LogP contribution in [-0.2, 0) is 14.6 Å². The first-order valence-corrected chi connectivity index (χ1v) is 7.55. The quantitative estimate of drug-likeness (QED) is 0.672. The monoisotopic (exact) mass is 264 g/mol. The molecular formula is C10H20N2O4S. The predicted molar refractivity (Wildman–Crippen MR) is 64.4 cm³/mol. The van der Waals surface area contributed by atoms with Crippen molar-refractivity contribution in [3.8, 4) is 0 Å². The molecular weight excluding hydrogens is 244 g/mol. The van der Waals surface area contributed by atoms with Crippen molar-refractivity contribution in [2.75, 3.05) is 39.2 Å². The Labute approximate surface area is 102 Å². The minimum atomic E-state index is -3.32. The Bertz CT molecular complexity index is 380. The average Bonchev–Trinajstić information content (AvgIpc) is 2.42. The van der Waals surface area contributed by atoms with E-state index in [2.05, 4.69) is 0 Å². The molecule has 1 amide bonds. The first-order chi connectivity index (χ1) is 7.69. The smallest absolute Gasteiger partial charge is 0.238 e. The second kappa shape index (κ2) is 5.32. The lowest BCUT2D eigenvalue weighted by molar-refractivity contribution is -0.129. The molecule has 0 aliphatic carbocycles. The van der Waals surface area contributed by atoms with Gasteiger partial charge >= 0.3 is 0 Å². The lowest BCUT2D eigenvalue weighted by atomic mass is 10.2. The molecule has 2 atom stereocenters. The summed E-state index contributed by atoms with van der Waals surface area (Å²) in [6.07, 6.45) is 0.995. The number of aliphatic hydroxyl groups is 1. The topological polar surface area (TPSA) is 77.9 Å². The zero-order chi connectivity index (χ0) is 13.2. The molecule has 0 aromatic heterocycles. The number of sulfone groups is 1. The molecule has 17 heavy (non-hydrogen) atoms. The lowest BCUT2D eigenvalue weighted by Crippen LogP contribution is -2.43. The van der Waals surface area contributed by atoms with E-state index < -0.39 is 27.6 Å². The third kappa shape index (κ3) is 4.61. The van der Waals surface area contributed by atoms with Crippen molar-refractivity contribution in [2.45, 2.75) is 18.6 Å². The minimum absolute atomic E-state index is 0.103. The third-order valence-corrected chi connectivity index (χ3v) is 3.45. The number of hydrogen-bond acceptors (Lipinski definition) is 5. The molecule has 1 N–H and O–H groups in total. The van der Waals surface area contributed by atoms with Gasteiger partial charge in [0.15, 0.2) is 9.84 Å². The summed E-state index contributed by atoms with van der Waals surface area (Å²) in [5, 5.41) is 9.57. The second-order valence-electron chi connectivity index (χ2n) is 4.92. The number of likely N-dealkylation sites (tertiary alicyclic amines) is 1. The first-order valence-electron chi connectivity index (χ1n) is 5.49. The third-order valence-electron chi connectivity index (χ3n) is 2.67. The highest BCUT2D eigenvalue weighted by atomic mass is 32.2. The van der Waals surface area contributed by atoms with Crippen molar-refractivity contribution < 1.29 is 18.3 Å². The van der Waals surface area contributed by atoms with Crippen LogP contribution in [-0.4, -0.2) is 80.6 Å². The van der Waals surface area contributed by atoms with Crippen molar-refractivity contribution in [1.29, 1.82) is 0 Å². The Kier molecular flexibility index (Phi) is 4.51. The van der Waals surface area contributed by atoms with Crippen molar-refractivity contribution in [3.05, 3.63) is 0 Å². The highest BCUT2D eigenvalue weighted by Gasteiger charge is 2.35. The van der Waals surface area contributed by atoms with E-state index in [-0.39, 0.29) is 12.6 Å². The number of aliphatic hydroxyl groups excluding tert-OH is 1. The Morgan fingerprint density at radius 3 is 2.53 bits per heavy atom. The maximum absolute atomic E-state index is 11.8. The Balaban J connectivity index is 2.70. The number of amides is 1. The highest BCUT2D eigenvalue weighted by Crippen LogP contribution is 2.18. The number of rotatable bonds is 4. The number of carbonyl (C=O) groups is 1. The van der Waals surface area contributed by atoms with Gasteiger partial charge in [0, 0.05) is 25.4 Å². The molecule has 1 rings (SSSR count). The summed E-state index contributed by atoms with van der Waals surface area (Å²) in [5.41, 5.74) is 0. The van der Waals surface area contributed by atoms with Gasteiger partial charge in [-0.05, 0) is 20.5 Å². The number of carbonyl (C=O) groups excluding carboxylic acids is 1. The van der Waals surface area contributed by atoms with Gasteiger partial charge in [-0.2, -0.15) is 0 Å². The van der Waals surface area contributed by atoms with E-state index in [9.17, 15) is 18.3 Å². The number of likely N-dealkylation sites (N-methyl/N-ethyl adjacent to an activating group) is 1. The molecule has 1 aliphatic rings. The van der Waals surface area contributed by atoms with Crippen molar-refractivity contribution in [3.63, 3.8) is 0 Å². The van der Waals surface area contributed by atoms with Gasteiger partial charge in [-0.15, -0.1) is 0 Å². The molecule has 2 unspecified atom stereocenters. The molecule has 7 heteroatoms. The van der Waals surface area contributed by atoms with Gasteiger partial charge in [0.1, 0.15) is 5.75 Å². The Morgan fingerprint density at radius 2 is 2.06 bits per heavy atom. The summed E-state index contributed by atoms with van der Waals surface area (Å²) in [4.78, 5) is 15.2. The van der Waals surface area contributed by atoms with Crippen LogP contribution in [0.3, 0.4) is 0 Å². The molecule has 0 saturated carbocycles. The van der Waals surface area contributed by atoms with Gasteiger partial charge in [0.05, 0.1) is 6.10 Å². The van der Waals surface area contributed by atoms with Crippen LogP contribution >= 0.6 is 0 Å². The Morgan fingerprint density at radius 1 is 1.47 bits per heavy atom. The molecule has 0 bridgehead atoms. The van der Waals surface area contributed by atoms with Crippen LogP contribution in [0.4, 0.5) is 0 Å². The van der Waals surface area contributed by atoms with E-state index >= 15 is 0 Å². The summed E-state index contributed by atoms with van der Waals surface area (Å²) in [7, 11) is 0.441. The predicted octanol–water partition coefficient (Wildman–Crippen LogP) is -1.45. The van der Waals surface area contributed by atoms with Gasteiger partial charge in [-0.1, -0.05) is 0 Å². The normalized spacial score (nSPS) is 25.6. The van der Waals surface area contributed by atoms with E-state index in [0.29, 0.717) is 13.0 Å². The largest absolute Gasteiger partial charge is 0.391 e. The first kappa shape index (κ1) is 14.4. The summed E-state index contributed by atoms with van der Waals surface area (Å²) in [6.45, 7) is 0.861. The zero-order valence-corrected chi connectivity index (χ0v) is 11.3. The van der Waals surface area contributed by atoms with E-state index in [1.54, 1.807) is 0 Å². The maximum Gasteiger partial charge on any atom is 0.238 e. The Hall–Kier alpha value is -0.660. The standard InChI is InChI=1S/C10H20N2O4S/c1-11(2)5-8-4-9(13)6-12(8)10(14)7-17(3,15)16/h8-9,13H,4-7H2,1-3H3.